The van der Waals surface area contributed by atoms with Crippen molar-refractivity contribution in [3.63, 3.8) is 0 Å². The Hall–Kier alpha value is -1.76. The van der Waals surface area contributed by atoms with E-state index in [9.17, 15) is 20.1 Å². The number of esters is 1. The summed E-state index contributed by atoms with van der Waals surface area (Å²) >= 11 is 1.50. The van der Waals surface area contributed by atoms with Crippen LogP contribution in [-0.2, 0) is 10.5 Å². The van der Waals surface area contributed by atoms with Gasteiger partial charge in [0.25, 0.3) is 0 Å². The Morgan fingerprint density at radius 3 is 2.60 bits per heavy atom. The van der Waals surface area contributed by atoms with E-state index in [0.717, 1.165) is 29.7 Å². The number of methoxy groups -OCH3 is 1. The van der Waals surface area contributed by atoms with E-state index in [1.54, 1.807) is 12.1 Å². The SMILES string of the molecule is CCC1(C(O)C/C=C/[C@@H]2C(SCc3ccc(C(=O)OC)cc3)=C(O)CC2O)CCC1. The molecule has 0 saturated heterocycles. The molecule has 0 bridgehead atoms. The fraction of sp³-hybridized carbons (Fsp3) is 0.542. The third-order valence-corrected chi connectivity index (χ3v) is 7.93. The zero-order valence-electron chi connectivity index (χ0n) is 17.7. The first-order chi connectivity index (χ1) is 14.4. The van der Waals surface area contributed by atoms with Crippen molar-refractivity contribution in [3.05, 3.63) is 58.2 Å². The molecule has 164 valence electrons. The van der Waals surface area contributed by atoms with Gasteiger partial charge in [-0.1, -0.05) is 37.6 Å². The number of benzene rings is 1. The summed E-state index contributed by atoms with van der Waals surface area (Å²) in [5.74, 6) is 0.237. The zero-order chi connectivity index (χ0) is 21.7. The minimum absolute atomic E-state index is 0.0601. The smallest absolute Gasteiger partial charge is 0.337 e. The maximum absolute atomic E-state index is 11.5. The van der Waals surface area contributed by atoms with Gasteiger partial charge >= 0.3 is 5.97 Å². The number of aliphatic hydroxyl groups excluding tert-OH is 3. The third-order valence-electron chi connectivity index (χ3n) is 6.64. The van der Waals surface area contributed by atoms with Crippen LogP contribution in [0.2, 0.25) is 0 Å². The molecule has 0 amide bonds. The summed E-state index contributed by atoms with van der Waals surface area (Å²) in [6.07, 6.45) is 8.06. The van der Waals surface area contributed by atoms with E-state index in [1.165, 1.54) is 25.3 Å². The van der Waals surface area contributed by atoms with Crippen LogP contribution in [-0.4, -0.2) is 40.6 Å². The first kappa shape index (κ1) is 22.9. The van der Waals surface area contributed by atoms with Crippen LogP contribution in [0.1, 0.15) is 61.4 Å². The Morgan fingerprint density at radius 2 is 2.03 bits per heavy atom. The molecule has 0 aromatic heterocycles. The van der Waals surface area contributed by atoms with E-state index in [-0.39, 0.29) is 35.6 Å². The molecule has 3 N–H and O–H groups in total. The van der Waals surface area contributed by atoms with Crippen molar-refractivity contribution in [2.45, 2.75) is 63.4 Å². The summed E-state index contributed by atoms with van der Waals surface area (Å²) in [5.41, 5.74) is 1.58. The Morgan fingerprint density at radius 1 is 1.33 bits per heavy atom. The van der Waals surface area contributed by atoms with Gasteiger partial charge in [0.1, 0.15) is 5.76 Å². The monoisotopic (exact) mass is 432 g/mol. The number of rotatable bonds is 9. The van der Waals surface area contributed by atoms with Crippen molar-refractivity contribution in [1.29, 1.82) is 0 Å². The van der Waals surface area contributed by atoms with Crippen molar-refractivity contribution < 1.29 is 24.9 Å². The number of thioether (sulfide) groups is 1. The highest BCUT2D eigenvalue weighted by Gasteiger charge is 2.41. The molecule has 1 saturated carbocycles. The fourth-order valence-electron chi connectivity index (χ4n) is 4.36. The van der Waals surface area contributed by atoms with Crippen molar-refractivity contribution in [1.82, 2.24) is 0 Å². The summed E-state index contributed by atoms with van der Waals surface area (Å²) in [4.78, 5) is 12.3. The van der Waals surface area contributed by atoms with Gasteiger partial charge in [0.15, 0.2) is 0 Å². The average molecular weight is 433 g/mol. The standard InChI is InChI=1S/C24H32O5S/c1-3-24(12-5-13-24)21(27)7-4-6-18-19(25)14-20(26)22(18)30-15-16-8-10-17(11-9-16)23(28)29-2/h4,6,8-11,18-19,21,25-27H,3,5,7,12-15H2,1-2H3/b6-4+/t18-,19?,21?/m0/s1. The van der Waals surface area contributed by atoms with Gasteiger partial charge in [0, 0.05) is 23.0 Å². The molecule has 2 aliphatic carbocycles. The highest BCUT2D eigenvalue weighted by atomic mass is 32.2. The molecule has 2 unspecified atom stereocenters. The van der Waals surface area contributed by atoms with Crippen LogP contribution in [0.5, 0.6) is 0 Å². The number of aliphatic hydroxyl groups is 3. The first-order valence-corrected chi connectivity index (χ1v) is 11.6. The number of hydrogen-bond acceptors (Lipinski definition) is 6. The second-order valence-electron chi connectivity index (χ2n) is 8.33. The van der Waals surface area contributed by atoms with Gasteiger partial charge < -0.3 is 20.1 Å². The van der Waals surface area contributed by atoms with Gasteiger partial charge in [0.2, 0.25) is 0 Å². The van der Waals surface area contributed by atoms with E-state index in [0.29, 0.717) is 17.7 Å². The van der Waals surface area contributed by atoms with E-state index in [2.05, 4.69) is 6.92 Å². The van der Waals surface area contributed by atoms with Gasteiger partial charge in [-0.2, -0.15) is 0 Å². The number of carbonyl (C=O) groups is 1. The summed E-state index contributed by atoms with van der Waals surface area (Å²) in [6.45, 7) is 2.14. The van der Waals surface area contributed by atoms with Crippen LogP contribution in [0, 0.1) is 11.3 Å². The van der Waals surface area contributed by atoms with Crippen molar-refractivity contribution in [2.24, 2.45) is 11.3 Å². The molecule has 5 nitrogen and oxygen atoms in total. The summed E-state index contributed by atoms with van der Waals surface area (Å²) in [7, 11) is 1.35. The molecule has 0 spiro atoms. The Kier molecular flexibility index (Phi) is 7.66. The van der Waals surface area contributed by atoms with Crippen LogP contribution in [0.4, 0.5) is 0 Å². The fourth-order valence-corrected chi connectivity index (χ4v) is 5.55. The highest BCUT2D eigenvalue weighted by Crippen LogP contribution is 2.48. The van der Waals surface area contributed by atoms with E-state index in [1.807, 2.05) is 24.3 Å². The van der Waals surface area contributed by atoms with Crippen LogP contribution < -0.4 is 0 Å². The second kappa shape index (κ2) is 10.0. The molecule has 3 rings (SSSR count). The molecule has 1 aromatic rings. The molecule has 1 fully saturated rings. The Bertz CT molecular complexity index is 789. The molecular weight excluding hydrogens is 400 g/mol. The van der Waals surface area contributed by atoms with Gasteiger partial charge in [0.05, 0.1) is 24.9 Å². The Labute approximate surface area is 182 Å². The largest absolute Gasteiger partial charge is 0.511 e. The van der Waals surface area contributed by atoms with E-state index >= 15 is 0 Å². The number of hydrogen-bond donors (Lipinski definition) is 3. The van der Waals surface area contributed by atoms with Crippen LogP contribution in [0.25, 0.3) is 0 Å². The van der Waals surface area contributed by atoms with E-state index in [4.69, 9.17) is 4.74 Å². The minimum atomic E-state index is -0.647. The van der Waals surface area contributed by atoms with Gasteiger partial charge in [-0.25, -0.2) is 4.79 Å². The first-order valence-electron chi connectivity index (χ1n) is 10.6. The number of carbonyl (C=O) groups excluding carboxylic acids is 1. The summed E-state index contributed by atoms with van der Waals surface area (Å²) < 4.78 is 4.71. The second-order valence-corrected chi connectivity index (χ2v) is 9.35. The van der Waals surface area contributed by atoms with Crippen molar-refractivity contribution in [3.8, 4) is 0 Å². The summed E-state index contributed by atoms with van der Waals surface area (Å²) in [5, 5.41) is 31.3. The topological polar surface area (TPSA) is 87.0 Å². The third kappa shape index (κ3) is 4.93. The molecule has 6 heteroatoms. The molecule has 0 aliphatic heterocycles. The number of ether oxygens (including phenoxy) is 1. The van der Waals surface area contributed by atoms with Gasteiger partial charge in [-0.15, -0.1) is 11.8 Å². The maximum atomic E-state index is 11.5. The zero-order valence-corrected chi connectivity index (χ0v) is 18.5. The lowest BCUT2D eigenvalue weighted by Crippen LogP contribution is -2.40. The van der Waals surface area contributed by atoms with Crippen molar-refractivity contribution in [2.75, 3.05) is 7.11 Å². The molecule has 30 heavy (non-hydrogen) atoms. The maximum Gasteiger partial charge on any atom is 0.337 e. The molecule has 0 heterocycles. The quantitative estimate of drug-likeness (QED) is 0.386. The lowest BCUT2D eigenvalue weighted by molar-refractivity contribution is -0.0355. The molecular formula is C24H32O5S. The van der Waals surface area contributed by atoms with Gasteiger partial charge in [-0.3, -0.25) is 0 Å². The van der Waals surface area contributed by atoms with Crippen LogP contribution in [0.3, 0.4) is 0 Å². The Balaban J connectivity index is 1.59. The molecule has 1 aromatic carbocycles. The van der Waals surface area contributed by atoms with Crippen molar-refractivity contribution >= 4 is 17.7 Å². The lowest BCUT2D eigenvalue weighted by atomic mass is 9.63. The molecule has 2 aliphatic rings. The van der Waals surface area contributed by atoms with Crippen LogP contribution >= 0.6 is 11.8 Å². The predicted molar refractivity (Wildman–Crippen MR) is 119 cm³/mol. The predicted octanol–water partition coefficient (Wildman–Crippen LogP) is 4.74. The van der Waals surface area contributed by atoms with Gasteiger partial charge in [-0.05, 0) is 48.8 Å². The molecule has 0 radical (unpaired) electrons. The summed E-state index contributed by atoms with van der Waals surface area (Å²) in [6, 6.07) is 7.18. The minimum Gasteiger partial charge on any atom is -0.511 e. The average Bonchev–Trinajstić information content (AvgIpc) is 2.98. The van der Waals surface area contributed by atoms with E-state index < -0.39 is 6.10 Å². The van der Waals surface area contributed by atoms with Crippen LogP contribution in [0.15, 0.2) is 47.1 Å². The highest BCUT2D eigenvalue weighted by molar-refractivity contribution is 8.02. The molecule has 3 atom stereocenters. The lowest BCUT2D eigenvalue weighted by Gasteiger charge is -2.45. The normalized spacial score (nSPS) is 24.1.